The minimum absolute atomic E-state index is 0.0626. The number of aliphatic hydroxyl groups excluding tert-OH is 1. The smallest absolute Gasteiger partial charge is 0.254 e. The molecule has 0 aliphatic carbocycles. The van der Waals surface area contributed by atoms with E-state index in [4.69, 9.17) is 5.11 Å². The van der Waals surface area contributed by atoms with Crippen molar-refractivity contribution in [2.24, 2.45) is 5.92 Å². The Morgan fingerprint density at radius 2 is 1.80 bits per heavy atom. The van der Waals surface area contributed by atoms with E-state index in [9.17, 15) is 9.59 Å². The van der Waals surface area contributed by atoms with E-state index in [2.05, 4.69) is 0 Å². The van der Waals surface area contributed by atoms with Gasteiger partial charge in [-0.15, -0.1) is 0 Å². The van der Waals surface area contributed by atoms with Crippen LogP contribution in [0, 0.1) is 5.92 Å². The number of nitrogens with zero attached hydrogens (tertiary/aromatic N) is 1. The lowest BCUT2D eigenvalue weighted by atomic mass is 9.90. The van der Waals surface area contributed by atoms with Gasteiger partial charge in [0, 0.05) is 24.3 Å². The van der Waals surface area contributed by atoms with Crippen LogP contribution in [0.4, 0.5) is 0 Å². The maximum atomic E-state index is 11.5. The standard InChI is InChI=1S/C11H17NO3/c1-8(7-13)6-11(2,3)12-9(14)4-5-10(12)15/h4-5,8,13H,6-7H2,1-3H3. The molecule has 0 bridgehead atoms. The predicted molar refractivity (Wildman–Crippen MR) is 55.9 cm³/mol. The molecule has 0 saturated heterocycles. The molecular formula is C11H17NO3. The maximum Gasteiger partial charge on any atom is 0.254 e. The van der Waals surface area contributed by atoms with Crippen LogP contribution in [0.25, 0.3) is 0 Å². The Balaban J connectivity index is 2.77. The Kier molecular flexibility index (Phi) is 3.29. The third-order valence-electron chi connectivity index (χ3n) is 2.57. The molecule has 1 aliphatic heterocycles. The van der Waals surface area contributed by atoms with E-state index in [1.165, 1.54) is 17.1 Å². The normalized spacial score (nSPS) is 18.8. The number of amides is 2. The molecular weight excluding hydrogens is 194 g/mol. The summed E-state index contributed by atoms with van der Waals surface area (Å²) in [6, 6.07) is 0. The van der Waals surface area contributed by atoms with E-state index < -0.39 is 5.54 Å². The van der Waals surface area contributed by atoms with E-state index in [0.717, 1.165) is 0 Å². The van der Waals surface area contributed by atoms with Crippen LogP contribution in [-0.2, 0) is 9.59 Å². The fourth-order valence-corrected chi connectivity index (χ4v) is 2.01. The summed E-state index contributed by atoms with van der Waals surface area (Å²) in [6.45, 7) is 5.62. The van der Waals surface area contributed by atoms with Gasteiger partial charge in [0.1, 0.15) is 0 Å². The summed E-state index contributed by atoms with van der Waals surface area (Å²) in [4.78, 5) is 24.2. The minimum Gasteiger partial charge on any atom is -0.396 e. The van der Waals surface area contributed by atoms with E-state index in [-0.39, 0.29) is 24.3 Å². The van der Waals surface area contributed by atoms with Gasteiger partial charge in [0.25, 0.3) is 11.8 Å². The lowest BCUT2D eigenvalue weighted by molar-refractivity contribution is -0.143. The van der Waals surface area contributed by atoms with E-state index >= 15 is 0 Å². The predicted octanol–water partition coefficient (Wildman–Crippen LogP) is 0.708. The van der Waals surface area contributed by atoms with Crippen LogP contribution < -0.4 is 0 Å². The molecule has 1 N–H and O–H groups in total. The first-order valence-electron chi connectivity index (χ1n) is 5.05. The second kappa shape index (κ2) is 4.14. The van der Waals surface area contributed by atoms with Crippen molar-refractivity contribution in [3.8, 4) is 0 Å². The van der Waals surface area contributed by atoms with Crippen molar-refractivity contribution in [1.29, 1.82) is 0 Å². The molecule has 0 aromatic rings. The summed E-state index contributed by atoms with van der Waals surface area (Å²) in [5, 5.41) is 8.97. The maximum absolute atomic E-state index is 11.5. The van der Waals surface area contributed by atoms with Gasteiger partial charge in [-0.3, -0.25) is 14.5 Å². The molecule has 0 fully saturated rings. The zero-order valence-corrected chi connectivity index (χ0v) is 9.36. The second-order valence-corrected chi connectivity index (χ2v) is 4.65. The van der Waals surface area contributed by atoms with Gasteiger partial charge in [-0.25, -0.2) is 0 Å². The van der Waals surface area contributed by atoms with Crippen LogP contribution in [0.5, 0.6) is 0 Å². The van der Waals surface area contributed by atoms with E-state index in [1.54, 1.807) is 0 Å². The summed E-state index contributed by atoms with van der Waals surface area (Å²) in [5.41, 5.74) is -0.542. The largest absolute Gasteiger partial charge is 0.396 e. The van der Waals surface area contributed by atoms with Crippen LogP contribution in [0.15, 0.2) is 12.2 Å². The topological polar surface area (TPSA) is 57.6 Å². The summed E-state index contributed by atoms with van der Waals surface area (Å²) in [7, 11) is 0. The molecule has 1 aliphatic rings. The summed E-state index contributed by atoms with van der Waals surface area (Å²) in [6.07, 6.45) is 3.17. The molecule has 1 rings (SSSR count). The van der Waals surface area contributed by atoms with Crippen LogP contribution in [0.3, 0.4) is 0 Å². The quantitative estimate of drug-likeness (QED) is 0.697. The highest BCUT2D eigenvalue weighted by atomic mass is 16.3. The first-order chi connectivity index (χ1) is 6.88. The molecule has 1 heterocycles. The van der Waals surface area contributed by atoms with Crippen LogP contribution in [0.1, 0.15) is 27.2 Å². The van der Waals surface area contributed by atoms with Gasteiger partial charge in [-0.2, -0.15) is 0 Å². The monoisotopic (exact) mass is 211 g/mol. The van der Waals surface area contributed by atoms with Crippen LogP contribution in [0.2, 0.25) is 0 Å². The number of rotatable bonds is 4. The SMILES string of the molecule is CC(CO)CC(C)(C)N1C(=O)C=CC1=O. The average molecular weight is 211 g/mol. The number of hydrogen-bond donors (Lipinski definition) is 1. The average Bonchev–Trinajstić information content (AvgIpc) is 2.45. The zero-order valence-electron chi connectivity index (χ0n) is 9.36. The Morgan fingerprint density at radius 1 is 1.33 bits per heavy atom. The summed E-state index contributed by atoms with van der Waals surface area (Å²) < 4.78 is 0. The van der Waals surface area contributed by atoms with Gasteiger partial charge < -0.3 is 5.11 Å². The summed E-state index contributed by atoms with van der Waals surface area (Å²) >= 11 is 0. The molecule has 2 amide bonds. The highest BCUT2D eigenvalue weighted by molar-refractivity contribution is 6.13. The number of carbonyl (C=O) groups excluding carboxylic acids is 2. The molecule has 0 saturated carbocycles. The van der Waals surface area contributed by atoms with Crippen molar-refractivity contribution < 1.29 is 14.7 Å². The Bertz CT molecular complexity index is 289. The fraction of sp³-hybridized carbons (Fsp3) is 0.636. The van der Waals surface area contributed by atoms with Gasteiger partial charge in [0.05, 0.1) is 0 Å². The molecule has 1 atom stereocenters. The first kappa shape index (κ1) is 11.9. The Labute approximate surface area is 89.6 Å². The minimum atomic E-state index is -0.542. The van der Waals surface area contributed by atoms with Gasteiger partial charge in [0.15, 0.2) is 0 Å². The second-order valence-electron chi connectivity index (χ2n) is 4.65. The first-order valence-corrected chi connectivity index (χ1v) is 5.05. The highest BCUT2D eigenvalue weighted by Gasteiger charge is 2.37. The van der Waals surface area contributed by atoms with Crippen LogP contribution in [-0.4, -0.2) is 34.0 Å². The summed E-state index contributed by atoms with van der Waals surface area (Å²) in [5.74, 6) is -0.466. The Hall–Kier alpha value is -1.16. The molecule has 0 spiro atoms. The van der Waals surface area contributed by atoms with Crippen molar-refractivity contribution in [2.75, 3.05) is 6.61 Å². The molecule has 4 nitrogen and oxygen atoms in total. The molecule has 15 heavy (non-hydrogen) atoms. The molecule has 0 aromatic heterocycles. The van der Waals surface area contributed by atoms with Crippen molar-refractivity contribution in [2.45, 2.75) is 32.7 Å². The van der Waals surface area contributed by atoms with Crippen molar-refractivity contribution in [1.82, 2.24) is 4.90 Å². The van der Waals surface area contributed by atoms with Crippen molar-refractivity contribution in [3.63, 3.8) is 0 Å². The zero-order chi connectivity index (χ0) is 11.6. The lowest BCUT2D eigenvalue weighted by Gasteiger charge is -2.35. The van der Waals surface area contributed by atoms with Gasteiger partial charge in [0.2, 0.25) is 0 Å². The van der Waals surface area contributed by atoms with Crippen molar-refractivity contribution in [3.05, 3.63) is 12.2 Å². The molecule has 0 aromatic carbocycles. The molecule has 0 radical (unpaired) electrons. The highest BCUT2D eigenvalue weighted by Crippen LogP contribution is 2.26. The van der Waals surface area contributed by atoms with Gasteiger partial charge in [-0.1, -0.05) is 6.92 Å². The van der Waals surface area contributed by atoms with Crippen LogP contribution >= 0.6 is 0 Å². The lowest BCUT2D eigenvalue weighted by Crippen LogP contribution is -2.48. The van der Waals surface area contributed by atoms with E-state index in [1.807, 2.05) is 20.8 Å². The molecule has 4 heteroatoms. The molecule has 84 valence electrons. The van der Waals surface area contributed by atoms with E-state index in [0.29, 0.717) is 6.42 Å². The number of hydrogen-bond acceptors (Lipinski definition) is 3. The number of carbonyl (C=O) groups is 2. The van der Waals surface area contributed by atoms with Gasteiger partial charge in [-0.05, 0) is 26.2 Å². The number of aliphatic hydroxyl groups is 1. The third kappa shape index (κ3) is 2.45. The van der Waals surface area contributed by atoms with Crippen molar-refractivity contribution >= 4 is 11.8 Å². The number of imide groups is 1. The fourth-order valence-electron chi connectivity index (χ4n) is 2.01. The Morgan fingerprint density at radius 3 is 2.20 bits per heavy atom. The van der Waals surface area contributed by atoms with Gasteiger partial charge >= 0.3 is 0 Å². The third-order valence-corrected chi connectivity index (χ3v) is 2.57. The molecule has 1 unspecified atom stereocenters.